The second-order valence-electron chi connectivity index (χ2n) is 8.65. The number of piperazine rings is 1. The van der Waals surface area contributed by atoms with Crippen molar-refractivity contribution in [3.8, 4) is 22.6 Å². The van der Waals surface area contributed by atoms with Crippen LogP contribution in [0.4, 0.5) is 5.82 Å². The van der Waals surface area contributed by atoms with Crippen LogP contribution in [0.3, 0.4) is 0 Å². The SMILES string of the molecule is Cc1cnc(-c2cc(-c3ccccc3)n(CC(=O)N3CCN(c4ccccn4)CC3)n2)cc1C. The minimum atomic E-state index is 0.0700. The van der Waals surface area contributed by atoms with Crippen LogP contribution < -0.4 is 4.90 Å². The van der Waals surface area contributed by atoms with Gasteiger partial charge in [-0.3, -0.25) is 14.5 Å². The largest absolute Gasteiger partial charge is 0.353 e. The Balaban J connectivity index is 1.36. The predicted octanol–water partition coefficient (Wildman–Crippen LogP) is 3.97. The number of hydrogen-bond acceptors (Lipinski definition) is 5. The van der Waals surface area contributed by atoms with E-state index in [-0.39, 0.29) is 12.5 Å². The molecule has 7 heteroatoms. The fraction of sp³-hybridized carbons (Fsp3) is 0.259. The molecule has 1 fully saturated rings. The van der Waals surface area contributed by atoms with E-state index in [0.29, 0.717) is 13.1 Å². The highest BCUT2D eigenvalue weighted by Gasteiger charge is 2.23. The lowest BCUT2D eigenvalue weighted by atomic mass is 10.1. The summed E-state index contributed by atoms with van der Waals surface area (Å²) in [7, 11) is 0. The van der Waals surface area contributed by atoms with Gasteiger partial charge >= 0.3 is 0 Å². The van der Waals surface area contributed by atoms with Crippen molar-refractivity contribution < 1.29 is 4.79 Å². The summed E-state index contributed by atoms with van der Waals surface area (Å²) in [6.07, 6.45) is 3.68. The van der Waals surface area contributed by atoms with Crippen molar-refractivity contribution in [2.45, 2.75) is 20.4 Å². The van der Waals surface area contributed by atoms with E-state index in [2.05, 4.69) is 27.9 Å². The molecule has 7 nitrogen and oxygen atoms in total. The zero-order valence-corrected chi connectivity index (χ0v) is 19.6. The van der Waals surface area contributed by atoms with E-state index in [9.17, 15) is 4.79 Å². The number of aryl methyl sites for hydroxylation is 2. The minimum Gasteiger partial charge on any atom is -0.353 e. The number of amides is 1. The van der Waals surface area contributed by atoms with E-state index in [1.165, 1.54) is 5.56 Å². The molecule has 0 saturated carbocycles. The molecule has 4 aromatic rings. The number of hydrogen-bond donors (Lipinski definition) is 0. The number of benzene rings is 1. The van der Waals surface area contributed by atoms with Gasteiger partial charge < -0.3 is 9.80 Å². The van der Waals surface area contributed by atoms with Crippen LogP contribution in [0.1, 0.15) is 11.1 Å². The Labute approximate surface area is 199 Å². The average molecular weight is 453 g/mol. The van der Waals surface area contributed by atoms with Gasteiger partial charge in [-0.25, -0.2) is 4.98 Å². The predicted molar refractivity (Wildman–Crippen MR) is 133 cm³/mol. The molecule has 1 aliphatic heterocycles. The van der Waals surface area contributed by atoms with E-state index < -0.39 is 0 Å². The molecule has 1 aliphatic rings. The number of pyridine rings is 2. The van der Waals surface area contributed by atoms with Gasteiger partial charge in [-0.2, -0.15) is 5.10 Å². The van der Waals surface area contributed by atoms with Crippen LogP contribution in [0.15, 0.2) is 73.1 Å². The van der Waals surface area contributed by atoms with Crippen molar-refractivity contribution in [2.24, 2.45) is 0 Å². The molecule has 0 radical (unpaired) electrons. The van der Waals surface area contributed by atoms with Gasteiger partial charge in [0.25, 0.3) is 0 Å². The summed E-state index contributed by atoms with van der Waals surface area (Å²) in [5.41, 5.74) is 5.84. The highest BCUT2D eigenvalue weighted by molar-refractivity contribution is 5.78. The number of carbonyl (C=O) groups excluding carboxylic acids is 1. The molecule has 5 rings (SSSR count). The van der Waals surface area contributed by atoms with Crippen LogP contribution in [0.2, 0.25) is 0 Å². The summed E-state index contributed by atoms with van der Waals surface area (Å²) < 4.78 is 1.81. The van der Waals surface area contributed by atoms with Gasteiger partial charge in [-0.05, 0) is 54.8 Å². The average Bonchev–Trinajstić information content (AvgIpc) is 3.30. The maximum atomic E-state index is 13.3. The van der Waals surface area contributed by atoms with Crippen molar-refractivity contribution in [3.05, 3.63) is 84.2 Å². The van der Waals surface area contributed by atoms with Crippen molar-refractivity contribution in [3.63, 3.8) is 0 Å². The molecular weight excluding hydrogens is 424 g/mol. The molecule has 34 heavy (non-hydrogen) atoms. The normalized spacial score (nSPS) is 13.8. The van der Waals surface area contributed by atoms with Crippen LogP contribution in [-0.2, 0) is 11.3 Å². The molecular formula is C27H28N6O. The molecule has 0 aliphatic carbocycles. The number of rotatable bonds is 5. The summed E-state index contributed by atoms with van der Waals surface area (Å²) in [6.45, 7) is 7.19. The number of anilines is 1. The van der Waals surface area contributed by atoms with Gasteiger partial charge in [0.1, 0.15) is 18.1 Å². The minimum absolute atomic E-state index is 0.0700. The van der Waals surface area contributed by atoms with Gasteiger partial charge in [0.2, 0.25) is 5.91 Å². The Bertz CT molecular complexity index is 1280. The third-order valence-corrected chi connectivity index (χ3v) is 6.38. The molecule has 172 valence electrons. The van der Waals surface area contributed by atoms with E-state index in [1.54, 1.807) is 6.20 Å². The van der Waals surface area contributed by atoms with E-state index >= 15 is 0 Å². The maximum Gasteiger partial charge on any atom is 0.244 e. The molecule has 0 bridgehead atoms. The zero-order chi connectivity index (χ0) is 23.5. The summed E-state index contributed by atoms with van der Waals surface area (Å²) in [4.78, 5) is 26.4. The van der Waals surface area contributed by atoms with Crippen LogP contribution in [0, 0.1) is 13.8 Å². The molecule has 1 aromatic carbocycles. The van der Waals surface area contributed by atoms with Crippen molar-refractivity contribution in [1.29, 1.82) is 0 Å². The first kappa shape index (κ1) is 21.8. The van der Waals surface area contributed by atoms with Crippen LogP contribution in [-0.4, -0.2) is 56.7 Å². The fourth-order valence-electron chi connectivity index (χ4n) is 4.22. The summed E-state index contributed by atoms with van der Waals surface area (Å²) in [5.74, 6) is 1.03. The second-order valence-corrected chi connectivity index (χ2v) is 8.65. The van der Waals surface area contributed by atoms with Crippen LogP contribution >= 0.6 is 0 Å². The molecule has 1 saturated heterocycles. The molecule has 0 atom stereocenters. The Morgan fingerprint density at radius 3 is 2.32 bits per heavy atom. The second kappa shape index (κ2) is 9.47. The lowest BCUT2D eigenvalue weighted by Gasteiger charge is -2.35. The quantitative estimate of drug-likeness (QED) is 0.458. The van der Waals surface area contributed by atoms with Gasteiger partial charge in [-0.1, -0.05) is 36.4 Å². The molecule has 0 N–H and O–H groups in total. The van der Waals surface area contributed by atoms with Crippen molar-refractivity contribution in [2.75, 3.05) is 31.1 Å². The van der Waals surface area contributed by atoms with Gasteiger partial charge in [0.05, 0.1) is 11.4 Å². The Morgan fingerprint density at radius 1 is 0.853 bits per heavy atom. The summed E-state index contributed by atoms with van der Waals surface area (Å²) >= 11 is 0. The maximum absolute atomic E-state index is 13.3. The molecule has 0 spiro atoms. The van der Waals surface area contributed by atoms with E-state index in [1.807, 2.05) is 77.3 Å². The Morgan fingerprint density at radius 2 is 1.62 bits per heavy atom. The van der Waals surface area contributed by atoms with Crippen LogP contribution in [0.25, 0.3) is 22.6 Å². The Hall–Kier alpha value is -4.00. The third-order valence-electron chi connectivity index (χ3n) is 6.38. The zero-order valence-electron chi connectivity index (χ0n) is 19.6. The monoisotopic (exact) mass is 452 g/mol. The van der Waals surface area contributed by atoms with E-state index in [4.69, 9.17) is 5.10 Å². The first-order chi connectivity index (χ1) is 16.6. The number of carbonyl (C=O) groups is 1. The lowest BCUT2D eigenvalue weighted by Crippen LogP contribution is -2.49. The smallest absolute Gasteiger partial charge is 0.244 e. The van der Waals surface area contributed by atoms with Crippen LogP contribution in [0.5, 0.6) is 0 Å². The highest BCUT2D eigenvalue weighted by atomic mass is 16.2. The topological polar surface area (TPSA) is 67.2 Å². The van der Waals surface area contributed by atoms with Crippen molar-refractivity contribution in [1.82, 2.24) is 24.6 Å². The Kier molecular flexibility index (Phi) is 6.08. The summed E-state index contributed by atoms with van der Waals surface area (Å²) in [5, 5.41) is 4.81. The molecule has 1 amide bonds. The van der Waals surface area contributed by atoms with E-state index in [0.717, 1.165) is 47.1 Å². The fourth-order valence-corrected chi connectivity index (χ4v) is 4.22. The lowest BCUT2D eigenvalue weighted by molar-refractivity contribution is -0.132. The standard InChI is InChI=1S/C27H28N6O/c1-20-16-23(29-18-21(20)2)24-17-25(22-8-4-3-5-9-22)33(30-24)19-27(34)32-14-12-31(13-15-32)26-10-6-7-11-28-26/h3-11,16-18H,12-15,19H2,1-2H3. The molecule has 4 heterocycles. The van der Waals surface area contributed by atoms with Gasteiger partial charge in [0.15, 0.2) is 0 Å². The molecule has 0 unspecified atom stereocenters. The molecule has 3 aromatic heterocycles. The first-order valence-corrected chi connectivity index (χ1v) is 11.6. The van der Waals surface area contributed by atoms with Crippen molar-refractivity contribution >= 4 is 11.7 Å². The van der Waals surface area contributed by atoms with Gasteiger partial charge in [0, 0.05) is 38.6 Å². The highest BCUT2D eigenvalue weighted by Crippen LogP contribution is 2.26. The first-order valence-electron chi connectivity index (χ1n) is 11.6. The number of nitrogens with zero attached hydrogens (tertiary/aromatic N) is 6. The third kappa shape index (κ3) is 4.55. The van der Waals surface area contributed by atoms with Gasteiger partial charge in [-0.15, -0.1) is 0 Å². The summed E-state index contributed by atoms with van der Waals surface area (Å²) in [6, 6.07) is 20.1. The number of aromatic nitrogens is 4.